The van der Waals surface area contributed by atoms with E-state index in [2.05, 4.69) is 15.3 Å². The van der Waals surface area contributed by atoms with Crippen LogP contribution in [0, 0.1) is 0 Å². The van der Waals surface area contributed by atoms with Crippen molar-refractivity contribution < 1.29 is 33.8 Å². The van der Waals surface area contributed by atoms with E-state index in [9.17, 15) is 14.2 Å². The molecule has 13 heteroatoms. The van der Waals surface area contributed by atoms with Gasteiger partial charge in [-0.1, -0.05) is 0 Å². The molecule has 1 heterocycles. The van der Waals surface area contributed by atoms with Crippen molar-refractivity contribution >= 4 is 21.1 Å². The zero-order valence-electron chi connectivity index (χ0n) is 13.1. The number of nitrogens with one attached hydrogen (secondary N) is 1. The fourth-order valence-electron chi connectivity index (χ4n) is 1.85. The summed E-state index contributed by atoms with van der Waals surface area (Å²) in [5.74, 6) is 0.470. The van der Waals surface area contributed by atoms with Crippen molar-refractivity contribution in [2.45, 2.75) is 17.9 Å². The predicted octanol–water partition coefficient (Wildman–Crippen LogP) is -0.398. The summed E-state index contributed by atoms with van der Waals surface area (Å²) in [4.78, 5) is 45.8. The van der Waals surface area contributed by atoms with Crippen LogP contribution in [0.3, 0.4) is 0 Å². The molecule has 0 aliphatic carbocycles. The number of hydrogen-bond acceptors (Lipinski definition) is 7. The molecule has 1 rings (SSSR count). The third-order valence-electron chi connectivity index (χ3n) is 3.33. The van der Waals surface area contributed by atoms with Gasteiger partial charge in [0.15, 0.2) is 0 Å². The Morgan fingerprint density at radius 3 is 2.17 bits per heavy atom. The smallest absolute Gasteiger partial charge is 0.367 e. The standard InChI is InChI=1S/C11H22N4O7P2/c1-15(8-3-7-14-10-12-5-2-6-13-10)9-4-11(16,23(17,18)19)24(20,21)22/h2,5-6,16H,3-4,7-9H2,1H3,(H,12,13,14)(H2,17,18,19)(H2,20,21,22). The largest absolute Gasteiger partial charge is 0.369 e. The van der Waals surface area contributed by atoms with Crippen LogP contribution in [0.1, 0.15) is 12.8 Å². The van der Waals surface area contributed by atoms with Gasteiger partial charge in [0.1, 0.15) is 0 Å². The van der Waals surface area contributed by atoms with Crippen molar-refractivity contribution in [3.05, 3.63) is 18.5 Å². The molecule has 0 unspecified atom stereocenters. The van der Waals surface area contributed by atoms with E-state index in [1.165, 1.54) is 0 Å². The molecule has 138 valence electrons. The number of hydrogen-bond donors (Lipinski definition) is 6. The molecule has 0 aromatic carbocycles. The van der Waals surface area contributed by atoms with Gasteiger partial charge in [-0.05, 0) is 26.1 Å². The Kier molecular flexibility index (Phi) is 7.45. The zero-order valence-corrected chi connectivity index (χ0v) is 14.8. The van der Waals surface area contributed by atoms with Crippen LogP contribution in [0.25, 0.3) is 0 Å². The van der Waals surface area contributed by atoms with Crippen molar-refractivity contribution in [2.24, 2.45) is 0 Å². The Labute approximate surface area is 139 Å². The fourth-order valence-corrected chi connectivity index (χ4v) is 3.99. The van der Waals surface area contributed by atoms with Crippen LogP contribution in [-0.4, -0.2) is 71.3 Å². The van der Waals surface area contributed by atoms with Gasteiger partial charge in [0, 0.05) is 31.9 Å². The third kappa shape index (κ3) is 5.87. The maximum absolute atomic E-state index is 11.2. The van der Waals surface area contributed by atoms with Crippen LogP contribution in [0.15, 0.2) is 18.5 Å². The van der Waals surface area contributed by atoms with Crippen LogP contribution in [0.2, 0.25) is 0 Å². The number of nitrogens with zero attached hydrogens (tertiary/aromatic N) is 3. The quantitative estimate of drug-likeness (QED) is 0.229. The number of aliphatic hydroxyl groups is 1. The van der Waals surface area contributed by atoms with E-state index in [-0.39, 0.29) is 6.54 Å². The second-order valence-electron chi connectivity index (χ2n) is 5.27. The molecule has 0 bridgehead atoms. The molecule has 6 N–H and O–H groups in total. The van der Waals surface area contributed by atoms with Crippen LogP contribution in [0.5, 0.6) is 0 Å². The summed E-state index contributed by atoms with van der Waals surface area (Å²) in [5, 5.41) is 9.37. The normalized spacial score (nSPS) is 13.3. The van der Waals surface area contributed by atoms with Gasteiger partial charge in [-0.25, -0.2) is 9.97 Å². The first-order valence-corrected chi connectivity index (χ1v) is 10.2. The van der Waals surface area contributed by atoms with Gasteiger partial charge in [0.2, 0.25) is 5.95 Å². The highest BCUT2D eigenvalue weighted by Gasteiger charge is 2.58. The highest BCUT2D eigenvalue weighted by atomic mass is 31.2. The monoisotopic (exact) mass is 384 g/mol. The predicted molar refractivity (Wildman–Crippen MR) is 86.3 cm³/mol. The van der Waals surface area contributed by atoms with Crippen molar-refractivity contribution in [1.82, 2.24) is 14.9 Å². The lowest BCUT2D eigenvalue weighted by atomic mass is 10.3. The minimum atomic E-state index is -5.40. The van der Waals surface area contributed by atoms with Crippen LogP contribution < -0.4 is 5.32 Å². The highest BCUT2D eigenvalue weighted by molar-refractivity contribution is 7.72. The van der Waals surface area contributed by atoms with Gasteiger partial charge in [-0.3, -0.25) is 9.13 Å². The maximum Gasteiger partial charge on any atom is 0.369 e. The van der Waals surface area contributed by atoms with E-state index in [1.807, 2.05) is 0 Å². The first kappa shape index (κ1) is 21.1. The van der Waals surface area contributed by atoms with E-state index in [4.69, 9.17) is 19.6 Å². The molecule has 24 heavy (non-hydrogen) atoms. The summed E-state index contributed by atoms with van der Waals surface area (Å²) in [6, 6.07) is 1.68. The fraction of sp³-hybridized carbons (Fsp3) is 0.636. The lowest BCUT2D eigenvalue weighted by Crippen LogP contribution is -2.34. The van der Waals surface area contributed by atoms with Crippen LogP contribution in [-0.2, 0) is 9.13 Å². The summed E-state index contributed by atoms with van der Waals surface area (Å²) < 4.78 is 22.5. The number of anilines is 1. The molecular weight excluding hydrogens is 362 g/mol. The molecule has 1 aromatic heterocycles. The van der Waals surface area contributed by atoms with Gasteiger partial charge in [-0.15, -0.1) is 0 Å². The molecular formula is C11H22N4O7P2. The Balaban J connectivity index is 2.43. The average Bonchev–Trinajstić information content (AvgIpc) is 2.48. The van der Waals surface area contributed by atoms with E-state index < -0.39 is 26.7 Å². The van der Waals surface area contributed by atoms with E-state index >= 15 is 0 Å². The van der Waals surface area contributed by atoms with Crippen molar-refractivity contribution in [3.63, 3.8) is 0 Å². The second kappa shape index (κ2) is 8.46. The van der Waals surface area contributed by atoms with Gasteiger partial charge in [0.25, 0.3) is 5.08 Å². The summed E-state index contributed by atoms with van der Waals surface area (Å²) in [7, 11) is -9.19. The molecule has 0 amide bonds. The molecule has 0 saturated carbocycles. The molecule has 0 aliphatic rings. The minimum absolute atomic E-state index is 0.103. The first-order valence-electron chi connectivity index (χ1n) is 7.00. The lowest BCUT2D eigenvalue weighted by Gasteiger charge is -2.30. The van der Waals surface area contributed by atoms with E-state index in [0.29, 0.717) is 25.5 Å². The molecule has 0 radical (unpaired) electrons. The van der Waals surface area contributed by atoms with E-state index in [1.54, 1.807) is 30.4 Å². The summed E-state index contributed by atoms with van der Waals surface area (Å²) in [6.07, 6.45) is 3.05. The van der Waals surface area contributed by atoms with E-state index in [0.717, 1.165) is 0 Å². The van der Waals surface area contributed by atoms with Gasteiger partial charge >= 0.3 is 15.2 Å². The second-order valence-corrected chi connectivity index (χ2v) is 9.28. The highest BCUT2D eigenvalue weighted by Crippen LogP contribution is 2.68. The van der Waals surface area contributed by atoms with Crippen LogP contribution in [0.4, 0.5) is 5.95 Å². The van der Waals surface area contributed by atoms with Gasteiger partial charge in [-0.2, -0.15) is 0 Å². The zero-order chi connectivity index (χ0) is 18.4. The molecule has 1 aromatic rings. The van der Waals surface area contributed by atoms with Crippen molar-refractivity contribution in [2.75, 3.05) is 32.0 Å². The van der Waals surface area contributed by atoms with Crippen molar-refractivity contribution in [3.8, 4) is 0 Å². The molecule has 0 atom stereocenters. The summed E-state index contributed by atoms with van der Waals surface area (Å²) >= 11 is 0. The lowest BCUT2D eigenvalue weighted by molar-refractivity contribution is 0.112. The first-order chi connectivity index (χ1) is 11.0. The molecule has 0 fully saturated rings. The summed E-state index contributed by atoms with van der Waals surface area (Å²) in [6.45, 7) is 0.905. The Morgan fingerprint density at radius 2 is 1.67 bits per heavy atom. The maximum atomic E-state index is 11.2. The Bertz CT molecular complexity index is 584. The number of rotatable bonds is 10. The SMILES string of the molecule is CN(CCCNc1ncccn1)CCC(O)(P(=O)(O)O)P(=O)(O)O. The summed E-state index contributed by atoms with van der Waals surface area (Å²) in [5.41, 5.74) is 0. The molecule has 0 saturated heterocycles. The van der Waals surface area contributed by atoms with Crippen molar-refractivity contribution in [1.29, 1.82) is 0 Å². The average molecular weight is 384 g/mol. The van der Waals surface area contributed by atoms with Gasteiger partial charge < -0.3 is 34.9 Å². The third-order valence-corrected chi connectivity index (χ3v) is 7.20. The molecule has 0 spiro atoms. The number of aromatic nitrogens is 2. The Hall–Kier alpha value is -0.900. The Morgan fingerprint density at radius 1 is 1.12 bits per heavy atom. The minimum Gasteiger partial charge on any atom is -0.367 e. The topological polar surface area (TPSA) is 176 Å². The van der Waals surface area contributed by atoms with Gasteiger partial charge in [0.05, 0.1) is 0 Å². The molecule has 0 aliphatic heterocycles. The molecule has 11 nitrogen and oxygen atoms in total. The van der Waals surface area contributed by atoms with Crippen LogP contribution >= 0.6 is 15.2 Å².